The van der Waals surface area contributed by atoms with Crippen LogP contribution in [0.4, 0.5) is 5.69 Å². The number of amides is 1. The first-order chi connectivity index (χ1) is 11.2. The molecule has 1 heterocycles. The van der Waals surface area contributed by atoms with Crippen LogP contribution in [0.5, 0.6) is 5.75 Å². The first-order valence-corrected chi connectivity index (χ1v) is 8.58. The van der Waals surface area contributed by atoms with E-state index < -0.39 is 0 Å². The van der Waals surface area contributed by atoms with E-state index in [1.54, 1.807) is 0 Å². The highest BCUT2D eigenvalue weighted by molar-refractivity contribution is 5.76. The quantitative estimate of drug-likeness (QED) is 0.542. The lowest BCUT2D eigenvalue weighted by Gasteiger charge is -2.12. The lowest BCUT2D eigenvalue weighted by atomic mass is 10.1. The largest absolute Gasteiger partial charge is 0.491 e. The molecule has 3 N–H and O–H groups in total. The Morgan fingerprint density at radius 3 is 3.04 bits per heavy atom. The summed E-state index contributed by atoms with van der Waals surface area (Å²) in [6, 6.07) is 5.77. The molecule has 0 bridgehead atoms. The summed E-state index contributed by atoms with van der Waals surface area (Å²) in [5.41, 5.74) is 7.70. The van der Waals surface area contributed by atoms with E-state index in [-0.39, 0.29) is 12.0 Å². The minimum atomic E-state index is 0.0577. The number of aryl methyl sites for hydroxylation is 1. The maximum atomic E-state index is 11.9. The Bertz CT molecular complexity index is 499. The van der Waals surface area contributed by atoms with Gasteiger partial charge in [-0.25, -0.2) is 0 Å². The van der Waals surface area contributed by atoms with Gasteiger partial charge in [-0.2, -0.15) is 0 Å². The van der Waals surface area contributed by atoms with Crippen LogP contribution in [0.25, 0.3) is 0 Å². The first-order valence-electron chi connectivity index (χ1n) is 8.58. The molecule has 0 saturated carbocycles. The molecule has 1 fully saturated rings. The third-order valence-electron chi connectivity index (χ3n) is 4.02. The van der Waals surface area contributed by atoms with Crippen LogP contribution in [0, 0.1) is 0 Å². The molecule has 1 aromatic rings. The van der Waals surface area contributed by atoms with E-state index in [0.29, 0.717) is 31.7 Å². The van der Waals surface area contributed by atoms with Gasteiger partial charge in [-0.3, -0.25) is 4.79 Å². The maximum absolute atomic E-state index is 11.9. The van der Waals surface area contributed by atoms with Crippen molar-refractivity contribution < 1.29 is 14.3 Å². The molecular weight excluding hydrogens is 292 g/mol. The summed E-state index contributed by atoms with van der Waals surface area (Å²) in [6.07, 6.45) is 5.57. The Labute approximate surface area is 138 Å². The molecule has 128 valence electrons. The summed E-state index contributed by atoms with van der Waals surface area (Å²) in [5, 5.41) is 2.94. The van der Waals surface area contributed by atoms with E-state index in [1.807, 2.05) is 18.2 Å². The van der Waals surface area contributed by atoms with Gasteiger partial charge in [0.15, 0.2) is 0 Å². The third kappa shape index (κ3) is 6.10. The molecule has 1 atom stereocenters. The van der Waals surface area contributed by atoms with Crippen molar-refractivity contribution in [2.45, 2.75) is 51.6 Å². The summed E-state index contributed by atoms with van der Waals surface area (Å²) in [4.78, 5) is 11.9. The second kappa shape index (κ2) is 9.40. The highest BCUT2D eigenvalue weighted by Gasteiger charge is 2.16. The SMILES string of the molecule is CCCCOc1ccc(CCC(=O)NCC2CCCO2)cc1N. The van der Waals surface area contributed by atoms with Crippen LogP contribution in [0.2, 0.25) is 0 Å². The van der Waals surface area contributed by atoms with Gasteiger partial charge in [-0.1, -0.05) is 19.4 Å². The van der Waals surface area contributed by atoms with E-state index in [2.05, 4.69) is 12.2 Å². The molecule has 1 amide bonds. The molecule has 1 aromatic carbocycles. The normalized spacial score (nSPS) is 17.2. The number of anilines is 1. The zero-order chi connectivity index (χ0) is 16.5. The molecule has 0 aliphatic carbocycles. The molecule has 1 unspecified atom stereocenters. The smallest absolute Gasteiger partial charge is 0.220 e. The Hall–Kier alpha value is -1.75. The van der Waals surface area contributed by atoms with Crippen LogP contribution < -0.4 is 15.8 Å². The van der Waals surface area contributed by atoms with Gasteiger partial charge in [-0.05, 0) is 43.4 Å². The number of unbranched alkanes of at least 4 members (excludes halogenated alkanes) is 1. The number of carbonyl (C=O) groups is 1. The monoisotopic (exact) mass is 320 g/mol. The van der Waals surface area contributed by atoms with Crippen molar-refractivity contribution >= 4 is 11.6 Å². The predicted molar refractivity (Wildman–Crippen MR) is 91.6 cm³/mol. The van der Waals surface area contributed by atoms with Gasteiger partial charge in [0.05, 0.1) is 18.4 Å². The van der Waals surface area contributed by atoms with Crippen LogP contribution >= 0.6 is 0 Å². The summed E-state index contributed by atoms with van der Waals surface area (Å²) in [5.74, 6) is 0.785. The maximum Gasteiger partial charge on any atom is 0.220 e. The average molecular weight is 320 g/mol. The van der Waals surface area contributed by atoms with Crippen molar-refractivity contribution in [2.75, 3.05) is 25.5 Å². The number of nitrogen functional groups attached to an aromatic ring is 1. The van der Waals surface area contributed by atoms with E-state index in [1.165, 1.54) is 0 Å². The fourth-order valence-corrected chi connectivity index (χ4v) is 2.59. The van der Waals surface area contributed by atoms with Gasteiger partial charge in [-0.15, -0.1) is 0 Å². The Kier molecular flexibility index (Phi) is 7.20. The molecule has 5 heteroatoms. The molecule has 23 heavy (non-hydrogen) atoms. The highest BCUT2D eigenvalue weighted by atomic mass is 16.5. The van der Waals surface area contributed by atoms with Crippen molar-refractivity contribution in [3.63, 3.8) is 0 Å². The van der Waals surface area contributed by atoms with E-state index in [9.17, 15) is 4.79 Å². The number of carbonyl (C=O) groups excluding carboxylic acids is 1. The Morgan fingerprint density at radius 2 is 2.35 bits per heavy atom. The molecule has 0 spiro atoms. The fraction of sp³-hybridized carbons (Fsp3) is 0.611. The standard InChI is InChI=1S/C18H28N2O3/c1-2-3-10-23-17-8-6-14(12-16(17)19)7-9-18(21)20-13-15-5-4-11-22-15/h6,8,12,15H,2-5,7,9-11,13,19H2,1H3,(H,20,21). The molecule has 1 aliphatic rings. The van der Waals surface area contributed by atoms with Gasteiger partial charge in [0.25, 0.3) is 0 Å². The second-order valence-electron chi connectivity index (χ2n) is 6.01. The molecule has 2 rings (SSSR count). The number of benzene rings is 1. The molecule has 0 radical (unpaired) electrons. The van der Waals surface area contributed by atoms with Crippen molar-refractivity contribution in [1.82, 2.24) is 5.32 Å². The molecular formula is C18H28N2O3. The van der Waals surface area contributed by atoms with Crippen molar-refractivity contribution in [3.05, 3.63) is 23.8 Å². The number of rotatable bonds is 9. The number of ether oxygens (including phenoxy) is 2. The van der Waals surface area contributed by atoms with Gasteiger partial charge < -0.3 is 20.5 Å². The van der Waals surface area contributed by atoms with E-state index in [4.69, 9.17) is 15.2 Å². The average Bonchev–Trinajstić information content (AvgIpc) is 3.06. The minimum absolute atomic E-state index is 0.0577. The zero-order valence-electron chi connectivity index (χ0n) is 14.0. The summed E-state index contributed by atoms with van der Waals surface area (Å²) in [6.45, 7) is 4.24. The van der Waals surface area contributed by atoms with Gasteiger partial charge in [0.2, 0.25) is 5.91 Å². The number of nitrogens with one attached hydrogen (secondary N) is 1. The lowest BCUT2D eigenvalue weighted by molar-refractivity contribution is -0.121. The number of nitrogens with two attached hydrogens (primary N) is 1. The van der Waals surface area contributed by atoms with Gasteiger partial charge in [0.1, 0.15) is 5.75 Å². The van der Waals surface area contributed by atoms with Crippen LogP contribution in [-0.4, -0.2) is 31.8 Å². The summed E-state index contributed by atoms with van der Waals surface area (Å²) in [7, 11) is 0. The van der Waals surface area contributed by atoms with Gasteiger partial charge in [0, 0.05) is 19.6 Å². The topological polar surface area (TPSA) is 73.6 Å². The molecule has 1 saturated heterocycles. The predicted octanol–water partition coefficient (Wildman–Crippen LogP) is 2.68. The van der Waals surface area contributed by atoms with E-state index in [0.717, 1.165) is 43.6 Å². The molecule has 1 aliphatic heterocycles. The van der Waals surface area contributed by atoms with Crippen molar-refractivity contribution in [1.29, 1.82) is 0 Å². The Balaban J connectivity index is 1.72. The fourth-order valence-electron chi connectivity index (χ4n) is 2.59. The van der Waals surface area contributed by atoms with Crippen molar-refractivity contribution in [3.8, 4) is 5.75 Å². The summed E-state index contributed by atoms with van der Waals surface area (Å²) >= 11 is 0. The highest BCUT2D eigenvalue weighted by Crippen LogP contribution is 2.23. The zero-order valence-corrected chi connectivity index (χ0v) is 14.0. The van der Waals surface area contributed by atoms with Gasteiger partial charge >= 0.3 is 0 Å². The van der Waals surface area contributed by atoms with Crippen LogP contribution in [0.15, 0.2) is 18.2 Å². The number of hydrogen-bond acceptors (Lipinski definition) is 4. The first kappa shape index (κ1) is 17.6. The third-order valence-corrected chi connectivity index (χ3v) is 4.02. The Morgan fingerprint density at radius 1 is 1.48 bits per heavy atom. The second-order valence-corrected chi connectivity index (χ2v) is 6.01. The van der Waals surface area contributed by atoms with Crippen LogP contribution in [-0.2, 0) is 16.0 Å². The lowest BCUT2D eigenvalue weighted by Crippen LogP contribution is -2.31. The van der Waals surface area contributed by atoms with E-state index >= 15 is 0 Å². The molecule has 0 aromatic heterocycles. The van der Waals surface area contributed by atoms with Crippen LogP contribution in [0.3, 0.4) is 0 Å². The number of hydrogen-bond donors (Lipinski definition) is 2. The van der Waals surface area contributed by atoms with Crippen LogP contribution in [0.1, 0.15) is 44.6 Å². The molecule has 5 nitrogen and oxygen atoms in total. The minimum Gasteiger partial charge on any atom is -0.491 e. The van der Waals surface area contributed by atoms with Crippen molar-refractivity contribution in [2.24, 2.45) is 0 Å². The summed E-state index contributed by atoms with van der Waals surface area (Å²) < 4.78 is 11.1.